The summed E-state index contributed by atoms with van der Waals surface area (Å²) in [6.07, 6.45) is 1.11. The van der Waals surface area contributed by atoms with Gasteiger partial charge >= 0.3 is 0 Å². The minimum atomic E-state index is 0.327. The van der Waals surface area contributed by atoms with Crippen LogP contribution >= 0.6 is 11.8 Å². The van der Waals surface area contributed by atoms with Crippen molar-refractivity contribution in [2.45, 2.75) is 45.9 Å². The Morgan fingerprint density at radius 3 is 2.25 bits per heavy atom. The van der Waals surface area contributed by atoms with E-state index in [-0.39, 0.29) is 0 Å². The molecule has 0 radical (unpaired) electrons. The zero-order valence-electron chi connectivity index (χ0n) is 10.8. The topological polar surface area (TPSA) is 26.0 Å². The molecule has 0 aliphatic heterocycles. The second-order valence-corrected chi connectivity index (χ2v) is 5.80. The summed E-state index contributed by atoms with van der Waals surface area (Å²) in [6, 6.07) is 4.87. The Hall–Kier alpha value is -0.470. The van der Waals surface area contributed by atoms with Crippen molar-refractivity contribution >= 4 is 11.8 Å². The Morgan fingerprint density at radius 1 is 1.19 bits per heavy atom. The van der Waals surface area contributed by atoms with Crippen LogP contribution < -0.4 is 5.73 Å². The van der Waals surface area contributed by atoms with E-state index in [9.17, 15) is 0 Å². The van der Waals surface area contributed by atoms with Gasteiger partial charge in [-0.25, -0.2) is 0 Å². The van der Waals surface area contributed by atoms with Crippen LogP contribution in [0.25, 0.3) is 0 Å². The molecular weight excluding hydrogens is 214 g/mol. The summed E-state index contributed by atoms with van der Waals surface area (Å²) in [7, 11) is 0. The maximum atomic E-state index is 5.74. The van der Waals surface area contributed by atoms with Crippen molar-refractivity contribution in [1.82, 2.24) is 0 Å². The second-order valence-electron chi connectivity index (χ2n) is 4.70. The highest BCUT2D eigenvalue weighted by Gasteiger charge is 2.04. The number of hydrogen-bond donors (Lipinski definition) is 1. The number of rotatable bonds is 5. The lowest BCUT2D eigenvalue weighted by Gasteiger charge is -2.11. The first-order valence-electron chi connectivity index (χ1n) is 5.90. The molecule has 0 saturated carbocycles. The molecule has 0 heterocycles. The monoisotopic (exact) mass is 237 g/mol. The predicted octanol–water partition coefficient (Wildman–Crippen LogP) is 3.58. The molecule has 1 aromatic rings. The van der Waals surface area contributed by atoms with Crippen molar-refractivity contribution in [2.24, 2.45) is 5.73 Å². The highest BCUT2D eigenvalue weighted by molar-refractivity contribution is 7.98. The Bertz CT molecular complexity index is 322. The van der Waals surface area contributed by atoms with Crippen LogP contribution in [0.3, 0.4) is 0 Å². The van der Waals surface area contributed by atoms with E-state index in [2.05, 4.69) is 39.8 Å². The standard InChI is InChI=1S/C14H23NS/c1-10-7-11(2)14(12(3)8-10)9-16-6-5-13(4)15/h7-8,13H,5-6,9,15H2,1-4H3. The van der Waals surface area contributed by atoms with Crippen molar-refractivity contribution in [3.05, 3.63) is 34.4 Å². The summed E-state index contributed by atoms with van der Waals surface area (Å²) < 4.78 is 0. The first-order valence-corrected chi connectivity index (χ1v) is 7.06. The molecule has 1 unspecified atom stereocenters. The molecule has 2 N–H and O–H groups in total. The first kappa shape index (κ1) is 13.6. The van der Waals surface area contributed by atoms with Crippen molar-refractivity contribution < 1.29 is 0 Å². The molecule has 0 bridgehead atoms. The lowest BCUT2D eigenvalue weighted by atomic mass is 10.0. The fraction of sp³-hybridized carbons (Fsp3) is 0.571. The zero-order chi connectivity index (χ0) is 12.1. The lowest BCUT2D eigenvalue weighted by molar-refractivity contribution is 0.721. The largest absolute Gasteiger partial charge is 0.328 e. The van der Waals surface area contributed by atoms with E-state index in [0.29, 0.717) is 6.04 Å². The van der Waals surface area contributed by atoms with Crippen LogP contribution in [0.5, 0.6) is 0 Å². The molecule has 0 aliphatic carbocycles. The quantitative estimate of drug-likeness (QED) is 0.792. The second kappa shape index (κ2) is 6.31. The number of aryl methyl sites for hydroxylation is 3. The summed E-state index contributed by atoms with van der Waals surface area (Å²) in [5.74, 6) is 2.27. The van der Waals surface area contributed by atoms with Crippen molar-refractivity contribution in [1.29, 1.82) is 0 Å². The molecular formula is C14H23NS. The molecule has 1 rings (SSSR count). The van der Waals surface area contributed by atoms with E-state index in [4.69, 9.17) is 5.73 Å². The fourth-order valence-electron chi connectivity index (χ4n) is 1.88. The van der Waals surface area contributed by atoms with Gasteiger partial charge in [-0.05, 0) is 56.6 Å². The molecule has 0 saturated heterocycles. The predicted molar refractivity (Wildman–Crippen MR) is 75.1 cm³/mol. The van der Waals surface area contributed by atoms with Crippen molar-refractivity contribution in [3.8, 4) is 0 Å². The number of nitrogens with two attached hydrogens (primary N) is 1. The summed E-state index contributed by atoms with van der Waals surface area (Å²) in [5.41, 5.74) is 11.4. The van der Waals surface area contributed by atoms with Crippen LogP contribution in [0.4, 0.5) is 0 Å². The van der Waals surface area contributed by atoms with E-state index in [1.165, 1.54) is 22.3 Å². The van der Waals surface area contributed by atoms with E-state index >= 15 is 0 Å². The molecule has 2 heteroatoms. The van der Waals surface area contributed by atoms with Gasteiger partial charge in [-0.2, -0.15) is 11.8 Å². The molecule has 0 aliphatic rings. The van der Waals surface area contributed by atoms with Crippen LogP contribution in [0.2, 0.25) is 0 Å². The summed E-state index contributed by atoms with van der Waals surface area (Å²) in [6.45, 7) is 8.65. The maximum Gasteiger partial charge on any atom is 0.0189 e. The zero-order valence-corrected chi connectivity index (χ0v) is 11.7. The van der Waals surface area contributed by atoms with Gasteiger partial charge in [-0.15, -0.1) is 0 Å². The fourth-order valence-corrected chi connectivity index (χ4v) is 3.22. The molecule has 1 nitrogen and oxygen atoms in total. The lowest BCUT2D eigenvalue weighted by Crippen LogP contribution is -2.15. The number of benzene rings is 1. The molecule has 1 atom stereocenters. The normalized spacial score (nSPS) is 12.8. The third-order valence-corrected chi connectivity index (χ3v) is 3.82. The molecule has 0 fully saturated rings. The molecule has 0 aromatic heterocycles. The van der Waals surface area contributed by atoms with Crippen LogP contribution in [-0.2, 0) is 5.75 Å². The van der Waals surface area contributed by atoms with Gasteiger partial charge in [0.05, 0.1) is 0 Å². The highest BCUT2D eigenvalue weighted by atomic mass is 32.2. The third-order valence-electron chi connectivity index (χ3n) is 2.80. The first-order chi connectivity index (χ1) is 7.50. The Labute approximate surface area is 104 Å². The third kappa shape index (κ3) is 4.18. The van der Waals surface area contributed by atoms with Crippen LogP contribution in [0.1, 0.15) is 35.6 Å². The van der Waals surface area contributed by atoms with E-state index in [1.54, 1.807) is 0 Å². The van der Waals surface area contributed by atoms with Crippen molar-refractivity contribution in [3.63, 3.8) is 0 Å². The molecule has 0 amide bonds. The molecule has 1 aromatic carbocycles. The van der Waals surface area contributed by atoms with Gasteiger partial charge < -0.3 is 5.73 Å². The minimum absolute atomic E-state index is 0.327. The van der Waals surface area contributed by atoms with Gasteiger partial charge in [0.15, 0.2) is 0 Å². The van der Waals surface area contributed by atoms with Gasteiger partial charge in [-0.3, -0.25) is 0 Å². The summed E-state index contributed by atoms with van der Waals surface area (Å²) in [5, 5.41) is 0. The Morgan fingerprint density at radius 2 is 1.75 bits per heavy atom. The molecule has 90 valence electrons. The number of thioether (sulfide) groups is 1. The van der Waals surface area contributed by atoms with Crippen LogP contribution in [0, 0.1) is 20.8 Å². The van der Waals surface area contributed by atoms with E-state index in [1.807, 2.05) is 11.8 Å². The highest BCUT2D eigenvalue weighted by Crippen LogP contribution is 2.22. The minimum Gasteiger partial charge on any atom is -0.328 e. The summed E-state index contributed by atoms with van der Waals surface area (Å²) >= 11 is 1.99. The van der Waals surface area contributed by atoms with Gasteiger partial charge in [0.25, 0.3) is 0 Å². The molecule has 0 spiro atoms. The van der Waals surface area contributed by atoms with Crippen LogP contribution in [0.15, 0.2) is 12.1 Å². The molecule has 16 heavy (non-hydrogen) atoms. The maximum absolute atomic E-state index is 5.74. The van der Waals surface area contributed by atoms with Gasteiger partial charge in [0.1, 0.15) is 0 Å². The average Bonchev–Trinajstić information content (AvgIpc) is 2.14. The van der Waals surface area contributed by atoms with Gasteiger partial charge in [0.2, 0.25) is 0 Å². The average molecular weight is 237 g/mol. The van der Waals surface area contributed by atoms with E-state index in [0.717, 1.165) is 17.9 Å². The summed E-state index contributed by atoms with van der Waals surface area (Å²) in [4.78, 5) is 0. The SMILES string of the molecule is Cc1cc(C)c(CSCCC(C)N)c(C)c1. The van der Waals surface area contributed by atoms with Crippen molar-refractivity contribution in [2.75, 3.05) is 5.75 Å². The van der Waals surface area contributed by atoms with Gasteiger partial charge in [0, 0.05) is 11.8 Å². The smallest absolute Gasteiger partial charge is 0.0189 e. The van der Waals surface area contributed by atoms with Crippen LogP contribution in [-0.4, -0.2) is 11.8 Å². The number of hydrogen-bond acceptors (Lipinski definition) is 2. The Balaban J connectivity index is 2.54. The Kier molecular flexibility index (Phi) is 5.36. The van der Waals surface area contributed by atoms with Gasteiger partial charge in [-0.1, -0.05) is 17.7 Å². The van der Waals surface area contributed by atoms with E-state index < -0.39 is 0 Å².